The lowest BCUT2D eigenvalue weighted by molar-refractivity contribution is 1.27. The Morgan fingerprint density at radius 2 is 0.857 bits per heavy atom. The fourth-order valence-electron chi connectivity index (χ4n) is 2.84. The normalized spacial score (nSPS) is 11.3. The second-order valence-electron chi connectivity index (χ2n) is 6.43. The van der Waals surface area contributed by atoms with Crippen LogP contribution in [0.15, 0.2) is 97.3 Å². The van der Waals surface area contributed by atoms with Crippen LogP contribution < -0.4 is 0 Å². The quantitative estimate of drug-likeness (QED) is 0.407. The van der Waals surface area contributed by atoms with Gasteiger partial charge >= 0.3 is 0 Å². The van der Waals surface area contributed by atoms with Gasteiger partial charge in [0, 0.05) is 23.5 Å². The van der Waals surface area contributed by atoms with Gasteiger partial charge in [-0.25, -0.2) is 0 Å². The van der Waals surface area contributed by atoms with Crippen LogP contribution in [0.25, 0.3) is 35.4 Å². The summed E-state index contributed by atoms with van der Waals surface area (Å²) in [5.74, 6) is 0. The Labute approximate surface area is 165 Å². The van der Waals surface area contributed by atoms with Gasteiger partial charge in [0.05, 0.1) is 11.4 Å². The van der Waals surface area contributed by atoms with Gasteiger partial charge in [-0.2, -0.15) is 0 Å². The first-order valence-corrected chi connectivity index (χ1v) is 9.26. The van der Waals surface area contributed by atoms with E-state index in [0.717, 1.165) is 33.6 Å². The summed E-state index contributed by atoms with van der Waals surface area (Å²) in [7, 11) is 0. The molecule has 0 N–H and O–H groups in total. The number of pyridine rings is 2. The van der Waals surface area contributed by atoms with Gasteiger partial charge in [-0.1, -0.05) is 84.9 Å². The summed E-state index contributed by atoms with van der Waals surface area (Å²) in [6.45, 7) is 0. The molecular weight excluding hydrogens is 340 g/mol. The molecule has 0 aliphatic carbocycles. The Bertz CT molecular complexity index is 972. The molecule has 0 aliphatic heterocycles. The summed E-state index contributed by atoms with van der Waals surface area (Å²) in [5, 5.41) is 0. The average molecular weight is 360 g/mol. The topological polar surface area (TPSA) is 25.8 Å². The number of nitrogens with zero attached hydrogens (tertiary/aromatic N) is 2. The lowest BCUT2D eigenvalue weighted by atomic mass is 10.1. The smallest absolute Gasteiger partial charge is 0.0630 e. The van der Waals surface area contributed by atoms with Crippen molar-refractivity contribution in [2.45, 2.75) is 0 Å². The molecule has 2 heterocycles. The maximum atomic E-state index is 4.54. The summed E-state index contributed by atoms with van der Waals surface area (Å²) >= 11 is 0. The van der Waals surface area contributed by atoms with E-state index in [9.17, 15) is 0 Å². The standard InChI is InChI=1S/C26H20N2/c1-3-7-21(8-4-1)11-15-25-17-13-23(19-27-25)24-14-18-26(28-20-24)16-12-22-9-5-2-6-10-22/h1-20H. The molecule has 2 heteroatoms. The van der Waals surface area contributed by atoms with Crippen molar-refractivity contribution in [1.29, 1.82) is 0 Å². The zero-order valence-electron chi connectivity index (χ0n) is 15.4. The summed E-state index contributed by atoms with van der Waals surface area (Å²) in [5.41, 5.74) is 6.31. The van der Waals surface area contributed by atoms with E-state index in [1.165, 1.54) is 0 Å². The number of rotatable bonds is 5. The number of hydrogen-bond donors (Lipinski definition) is 0. The molecule has 0 saturated heterocycles. The van der Waals surface area contributed by atoms with E-state index in [0.29, 0.717) is 0 Å². The maximum absolute atomic E-state index is 4.54. The van der Waals surface area contributed by atoms with Crippen LogP contribution >= 0.6 is 0 Å². The Morgan fingerprint density at radius 3 is 1.21 bits per heavy atom. The van der Waals surface area contributed by atoms with Gasteiger partial charge < -0.3 is 0 Å². The first-order valence-electron chi connectivity index (χ1n) is 9.26. The molecule has 0 aliphatic rings. The minimum atomic E-state index is 0.933. The van der Waals surface area contributed by atoms with Gasteiger partial charge in [-0.05, 0) is 35.4 Å². The highest BCUT2D eigenvalue weighted by Crippen LogP contribution is 2.19. The van der Waals surface area contributed by atoms with Crippen LogP contribution in [0.4, 0.5) is 0 Å². The number of hydrogen-bond acceptors (Lipinski definition) is 2. The van der Waals surface area contributed by atoms with Crippen molar-refractivity contribution in [2.75, 3.05) is 0 Å². The molecule has 0 spiro atoms. The second-order valence-corrected chi connectivity index (χ2v) is 6.43. The zero-order chi connectivity index (χ0) is 19.0. The third kappa shape index (κ3) is 4.68. The van der Waals surface area contributed by atoms with Crippen LogP contribution in [0.5, 0.6) is 0 Å². The molecule has 4 rings (SSSR count). The third-order valence-corrected chi connectivity index (χ3v) is 4.40. The van der Waals surface area contributed by atoms with Crippen molar-refractivity contribution < 1.29 is 0 Å². The van der Waals surface area contributed by atoms with Crippen molar-refractivity contribution in [3.63, 3.8) is 0 Å². The van der Waals surface area contributed by atoms with Gasteiger partial charge in [0.15, 0.2) is 0 Å². The van der Waals surface area contributed by atoms with Crippen molar-refractivity contribution in [1.82, 2.24) is 9.97 Å². The van der Waals surface area contributed by atoms with Crippen molar-refractivity contribution >= 4 is 24.3 Å². The first kappa shape index (κ1) is 17.6. The molecule has 2 aromatic carbocycles. The van der Waals surface area contributed by atoms with Crippen LogP contribution in [-0.2, 0) is 0 Å². The molecule has 2 aromatic heterocycles. The summed E-state index contributed by atoms with van der Waals surface area (Å²) in [4.78, 5) is 9.08. The summed E-state index contributed by atoms with van der Waals surface area (Å²) in [6, 6.07) is 28.7. The average Bonchev–Trinajstić information content (AvgIpc) is 2.78. The van der Waals surface area contributed by atoms with Crippen LogP contribution in [-0.4, -0.2) is 9.97 Å². The first-order chi connectivity index (χ1) is 13.9. The van der Waals surface area contributed by atoms with E-state index in [1.54, 1.807) is 0 Å². The van der Waals surface area contributed by atoms with E-state index >= 15 is 0 Å². The third-order valence-electron chi connectivity index (χ3n) is 4.40. The molecule has 0 amide bonds. The van der Waals surface area contributed by atoms with E-state index in [1.807, 2.05) is 73.1 Å². The number of benzene rings is 2. The van der Waals surface area contributed by atoms with E-state index < -0.39 is 0 Å². The van der Waals surface area contributed by atoms with Crippen LogP contribution in [0.2, 0.25) is 0 Å². The van der Waals surface area contributed by atoms with Gasteiger partial charge in [0.1, 0.15) is 0 Å². The molecule has 2 nitrogen and oxygen atoms in total. The monoisotopic (exact) mass is 360 g/mol. The Hall–Kier alpha value is -3.78. The summed E-state index contributed by atoms with van der Waals surface area (Å²) < 4.78 is 0. The molecule has 0 fully saturated rings. The van der Waals surface area contributed by atoms with Crippen molar-refractivity contribution in [2.24, 2.45) is 0 Å². The summed E-state index contributed by atoms with van der Waals surface area (Å²) in [6.07, 6.45) is 12.0. The maximum Gasteiger partial charge on any atom is 0.0630 e. The Balaban J connectivity index is 1.44. The SMILES string of the molecule is C(=Cc1ccc(-c2ccc(C=Cc3ccccc3)nc2)cn1)c1ccccc1. The predicted molar refractivity (Wildman–Crippen MR) is 118 cm³/mol. The van der Waals surface area contributed by atoms with Crippen LogP contribution in [0, 0.1) is 0 Å². The minimum Gasteiger partial charge on any atom is -0.256 e. The lowest BCUT2D eigenvalue weighted by Crippen LogP contribution is -1.86. The molecule has 0 atom stereocenters. The van der Waals surface area contributed by atoms with Crippen LogP contribution in [0.3, 0.4) is 0 Å². The van der Waals surface area contributed by atoms with E-state index in [4.69, 9.17) is 0 Å². The molecule has 134 valence electrons. The number of aromatic nitrogens is 2. The lowest BCUT2D eigenvalue weighted by Gasteiger charge is -2.02. The minimum absolute atomic E-state index is 0.933. The molecule has 0 unspecified atom stereocenters. The largest absolute Gasteiger partial charge is 0.256 e. The Morgan fingerprint density at radius 1 is 0.429 bits per heavy atom. The van der Waals surface area contributed by atoms with Crippen molar-refractivity contribution in [3.05, 3.63) is 120 Å². The fraction of sp³-hybridized carbons (Fsp3) is 0. The highest BCUT2D eigenvalue weighted by molar-refractivity contribution is 5.71. The van der Waals surface area contributed by atoms with Crippen LogP contribution in [0.1, 0.15) is 22.5 Å². The Kier molecular flexibility index (Phi) is 5.50. The zero-order valence-corrected chi connectivity index (χ0v) is 15.4. The molecule has 28 heavy (non-hydrogen) atoms. The predicted octanol–water partition coefficient (Wildman–Crippen LogP) is 6.48. The molecular formula is C26H20N2. The van der Waals surface area contributed by atoms with Gasteiger partial charge in [-0.3, -0.25) is 9.97 Å². The molecule has 0 radical (unpaired) electrons. The second kappa shape index (κ2) is 8.74. The highest BCUT2D eigenvalue weighted by Gasteiger charge is 1.99. The highest BCUT2D eigenvalue weighted by atomic mass is 14.7. The van der Waals surface area contributed by atoms with E-state index in [2.05, 4.69) is 58.5 Å². The molecule has 4 aromatic rings. The van der Waals surface area contributed by atoms with E-state index in [-0.39, 0.29) is 0 Å². The molecule has 0 bridgehead atoms. The van der Waals surface area contributed by atoms with Gasteiger partial charge in [0.2, 0.25) is 0 Å². The fourth-order valence-corrected chi connectivity index (χ4v) is 2.84. The van der Waals surface area contributed by atoms with Gasteiger partial charge in [-0.15, -0.1) is 0 Å². The van der Waals surface area contributed by atoms with Crippen molar-refractivity contribution in [3.8, 4) is 11.1 Å². The van der Waals surface area contributed by atoms with Gasteiger partial charge in [0.25, 0.3) is 0 Å². The molecule has 0 saturated carbocycles.